The zero-order valence-corrected chi connectivity index (χ0v) is 9.87. The number of aromatic nitrogens is 2. The molecular weight excluding hydrogens is 250 g/mol. The minimum absolute atomic E-state index is 0.0584. The maximum atomic E-state index is 11.3. The van der Waals surface area contributed by atoms with Gasteiger partial charge in [-0.25, -0.2) is 14.1 Å². The molecule has 0 atom stereocenters. The summed E-state index contributed by atoms with van der Waals surface area (Å²) >= 11 is 0. The summed E-state index contributed by atoms with van der Waals surface area (Å²) in [5, 5.41) is 15.4. The number of ether oxygens (including phenoxy) is 1. The number of aromatic carboxylic acids is 1. The highest BCUT2D eigenvalue weighted by atomic mass is 16.5. The van der Waals surface area contributed by atoms with Crippen molar-refractivity contribution in [3.63, 3.8) is 0 Å². The Bertz CT molecular complexity index is 647. The lowest BCUT2D eigenvalue weighted by atomic mass is 10.2. The number of carboxylic acids is 1. The van der Waals surface area contributed by atoms with Gasteiger partial charge in [-0.3, -0.25) is 5.32 Å². The molecule has 19 heavy (non-hydrogen) atoms. The highest BCUT2D eigenvalue weighted by Gasteiger charge is 2.12. The van der Waals surface area contributed by atoms with Crippen molar-refractivity contribution in [3.8, 4) is 0 Å². The molecule has 0 radical (unpaired) electrons. The number of hydrogen-bond donors (Lipinski definition) is 2. The number of fused-ring (bicyclic) bond motifs is 1. The topological polar surface area (TPSA) is 92.9 Å². The molecule has 98 valence electrons. The first-order valence-corrected chi connectivity index (χ1v) is 5.37. The van der Waals surface area contributed by atoms with Gasteiger partial charge >= 0.3 is 12.1 Å². The number of nitrogens with one attached hydrogen (secondary N) is 1. The molecule has 0 spiro atoms. The Kier molecular flexibility index (Phi) is 3.46. The number of amides is 1. The first kappa shape index (κ1) is 12.6. The molecule has 2 N–H and O–H groups in total. The number of anilines is 1. The molecule has 2 aromatic rings. The Morgan fingerprint density at radius 2 is 2.37 bits per heavy atom. The lowest BCUT2D eigenvalue weighted by Gasteiger charge is -2.05. The number of carbonyl (C=O) groups excluding carboxylic acids is 1. The number of hydrogen-bond acceptors (Lipinski definition) is 4. The summed E-state index contributed by atoms with van der Waals surface area (Å²) in [6.07, 6.45) is 3.60. The van der Waals surface area contributed by atoms with Gasteiger partial charge in [-0.2, -0.15) is 5.10 Å². The van der Waals surface area contributed by atoms with Gasteiger partial charge in [0.05, 0.1) is 11.7 Å². The fraction of sp³-hybridized carbons (Fsp3) is 0.0833. The molecule has 0 saturated carbocycles. The van der Waals surface area contributed by atoms with Gasteiger partial charge in [0.25, 0.3) is 0 Å². The summed E-state index contributed by atoms with van der Waals surface area (Å²) in [6, 6.07) is 3.09. The van der Waals surface area contributed by atoms with Crippen LogP contribution in [0.3, 0.4) is 0 Å². The average molecular weight is 261 g/mol. The molecule has 2 aromatic heterocycles. The molecule has 2 heterocycles. The molecule has 1 amide bonds. The Morgan fingerprint density at radius 1 is 1.58 bits per heavy atom. The number of rotatable bonds is 4. The van der Waals surface area contributed by atoms with Gasteiger partial charge in [0.15, 0.2) is 0 Å². The molecular formula is C12H11N3O4. The molecule has 0 aliphatic rings. The summed E-state index contributed by atoms with van der Waals surface area (Å²) < 4.78 is 6.17. The smallest absolute Gasteiger partial charge is 0.411 e. The lowest BCUT2D eigenvalue weighted by Crippen LogP contribution is -2.13. The van der Waals surface area contributed by atoms with Crippen LogP contribution in [0.4, 0.5) is 10.5 Å². The number of carboxylic acid groups (broad SMARTS) is 1. The van der Waals surface area contributed by atoms with Gasteiger partial charge in [0.2, 0.25) is 0 Å². The van der Waals surface area contributed by atoms with Crippen LogP contribution in [-0.4, -0.2) is 33.4 Å². The zero-order chi connectivity index (χ0) is 13.8. The monoisotopic (exact) mass is 261 g/mol. The molecule has 0 unspecified atom stereocenters. The summed E-state index contributed by atoms with van der Waals surface area (Å²) in [5.41, 5.74) is 0.863. The van der Waals surface area contributed by atoms with Crippen molar-refractivity contribution in [2.75, 3.05) is 11.9 Å². The maximum Gasteiger partial charge on any atom is 0.411 e. The predicted octanol–water partition coefficient (Wildman–Crippen LogP) is 1.77. The van der Waals surface area contributed by atoms with Crippen LogP contribution in [0.5, 0.6) is 0 Å². The van der Waals surface area contributed by atoms with Gasteiger partial charge in [-0.1, -0.05) is 12.7 Å². The lowest BCUT2D eigenvalue weighted by molar-refractivity contribution is 0.0699. The van der Waals surface area contributed by atoms with Crippen molar-refractivity contribution in [2.45, 2.75) is 0 Å². The zero-order valence-electron chi connectivity index (χ0n) is 9.87. The van der Waals surface area contributed by atoms with Crippen molar-refractivity contribution < 1.29 is 19.4 Å². The van der Waals surface area contributed by atoms with Crippen molar-refractivity contribution in [2.24, 2.45) is 0 Å². The van der Waals surface area contributed by atoms with E-state index in [4.69, 9.17) is 9.84 Å². The van der Waals surface area contributed by atoms with E-state index in [-0.39, 0.29) is 12.2 Å². The van der Waals surface area contributed by atoms with Crippen molar-refractivity contribution in [1.29, 1.82) is 0 Å². The van der Waals surface area contributed by atoms with E-state index in [1.165, 1.54) is 22.9 Å². The molecule has 0 aliphatic heterocycles. The third kappa shape index (κ3) is 2.71. The van der Waals surface area contributed by atoms with E-state index in [1.807, 2.05) is 0 Å². The molecule has 0 saturated heterocycles. The average Bonchev–Trinajstić information content (AvgIpc) is 2.79. The highest BCUT2D eigenvalue weighted by molar-refractivity contribution is 5.96. The third-order valence-electron chi connectivity index (χ3n) is 2.33. The fourth-order valence-corrected chi connectivity index (χ4v) is 1.51. The predicted molar refractivity (Wildman–Crippen MR) is 67.3 cm³/mol. The minimum atomic E-state index is -1.08. The van der Waals surface area contributed by atoms with E-state index >= 15 is 0 Å². The van der Waals surface area contributed by atoms with Crippen LogP contribution in [0.2, 0.25) is 0 Å². The Balaban J connectivity index is 2.25. The van der Waals surface area contributed by atoms with Crippen LogP contribution < -0.4 is 5.32 Å². The van der Waals surface area contributed by atoms with Crippen molar-refractivity contribution in [3.05, 3.63) is 42.7 Å². The Labute approximate surface area is 108 Å². The SMILES string of the molecule is C=CCOC(=O)Nc1ccn2ncc(C(=O)O)c2c1. The second kappa shape index (κ2) is 5.21. The van der Waals surface area contributed by atoms with Crippen LogP contribution in [0, 0.1) is 0 Å². The Morgan fingerprint density at radius 3 is 3.05 bits per heavy atom. The number of pyridine rings is 1. The first-order chi connectivity index (χ1) is 9.11. The number of carbonyl (C=O) groups is 2. The highest BCUT2D eigenvalue weighted by Crippen LogP contribution is 2.16. The van der Waals surface area contributed by atoms with Crippen molar-refractivity contribution in [1.82, 2.24) is 9.61 Å². The largest absolute Gasteiger partial charge is 0.478 e. The van der Waals surface area contributed by atoms with E-state index in [1.54, 1.807) is 12.3 Å². The van der Waals surface area contributed by atoms with Gasteiger partial charge in [0.1, 0.15) is 12.2 Å². The molecule has 0 fully saturated rings. The van der Waals surface area contributed by atoms with Crippen LogP contribution >= 0.6 is 0 Å². The molecule has 0 aromatic carbocycles. The first-order valence-electron chi connectivity index (χ1n) is 5.37. The standard InChI is InChI=1S/C12H11N3O4/c1-2-5-19-12(18)14-8-3-4-15-10(6-8)9(7-13-15)11(16)17/h2-4,6-7H,1,5H2,(H,14,18)(H,16,17). The molecule has 0 aliphatic carbocycles. The molecule has 7 heteroatoms. The molecule has 0 bridgehead atoms. The van der Waals surface area contributed by atoms with Crippen LogP contribution in [0.25, 0.3) is 5.52 Å². The quantitative estimate of drug-likeness (QED) is 0.818. The van der Waals surface area contributed by atoms with Crippen LogP contribution in [0.1, 0.15) is 10.4 Å². The minimum Gasteiger partial charge on any atom is -0.478 e. The van der Waals surface area contributed by atoms with E-state index in [9.17, 15) is 9.59 Å². The summed E-state index contributed by atoms with van der Waals surface area (Å²) in [6.45, 7) is 3.52. The molecule has 2 rings (SSSR count). The van der Waals surface area contributed by atoms with E-state index in [2.05, 4.69) is 17.0 Å². The summed E-state index contributed by atoms with van der Waals surface area (Å²) in [5.74, 6) is -1.08. The fourth-order valence-electron chi connectivity index (χ4n) is 1.51. The van der Waals surface area contributed by atoms with Crippen molar-refractivity contribution >= 4 is 23.3 Å². The van der Waals surface area contributed by atoms with Crippen LogP contribution in [-0.2, 0) is 4.74 Å². The normalized spacial score (nSPS) is 10.1. The summed E-state index contributed by atoms with van der Waals surface area (Å²) in [4.78, 5) is 22.3. The summed E-state index contributed by atoms with van der Waals surface area (Å²) in [7, 11) is 0. The Hall–Kier alpha value is -2.83. The second-order valence-electron chi connectivity index (χ2n) is 3.62. The number of nitrogens with zero attached hydrogens (tertiary/aromatic N) is 2. The van der Waals surface area contributed by atoms with Gasteiger partial charge in [0, 0.05) is 11.9 Å². The van der Waals surface area contributed by atoms with E-state index < -0.39 is 12.1 Å². The van der Waals surface area contributed by atoms with Gasteiger partial charge < -0.3 is 9.84 Å². The van der Waals surface area contributed by atoms with Gasteiger partial charge in [-0.05, 0) is 12.1 Å². The van der Waals surface area contributed by atoms with Crippen LogP contribution in [0.15, 0.2) is 37.2 Å². The van der Waals surface area contributed by atoms with E-state index in [0.29, 0.717) is 11.2 Å². The molecule has 7 nitrogen and oxygen atoms in total. The van der Waals surface area contributed by atoms with Gasteiger partial charge in [-0.15, -0.1) is 0 Å². The third-order valence-corrected chi connectivity index (χ3v) is 2.33. The second-order valence-corrected chi connectivity index (χ2v) is 3.62. The maximum absolute atomic E-state index is 11.3. The van der Waals surface area contributed by atoms with E-state index in [0.717, 1.165) is 0 Å².